The lowest BCUT2D eigenvalue weighted by atomic mass is 10.1. The molecule has 1 heterocycles. The summed E-state index contributed by atoms with van der Waals surface area (Å²) in [5, 5.41) is 10.0. The summed E-state index contributed by atoms with van der Waals surface area (Å²) >= 11 is 1.59. The Morgan fingerprint density at radius 1 is 1.44 bits per heavy atom. The average Bonchev–Trinajstić information content (AvgIpc) is 2.55. The van der Waals surface area contributed by atoms with Crippen LogP contribution < -0.4 is 0 Å². The van der Waals surface area contributed by atoms with Crippen molar-refractivity contribution in [2.75, 3.05) is 0 Å². The number of carboxylic acids is 1. The van der Waals surface area contributed by atoms with Crippen LogP contribution >= 0.6 is 11.3 Å². The van der Waals surface area contributed by atoms with Crippen molar-refractivity contribution in [1.82, 2.24) is 0 Å². The maximum atomic E-state index is 10.7. The quantitative estimate of drug-likeness (QED) is 0.883. The third-order valence-electron chi connectivity index (χ3n) is 2.82. The van der Waals surface area contributed by atoms with Crippen LogP contribution in [-0.4, -0.2) is 11.1 Å². The molecule has 0 spiro atoms. The molecule has 0 saturated carbocycles. The summed E-state index contributed by atoms with van der Waals surface area (Å²) in [6, 6.07) is 6.38. The van der Waals surface area contributed by atoms with E-state index in [2.05, 4.69) is 25.1 Å². The summed E-state index contributed by atoms with van der Waals surface area (Å²) < 4.78 is 1.19. The van der Waals surface area contributed by atoms with Gasteiger partial charge in [0, 0.05) is 9.58 Å². The van der Waals surface area contributed by atoms with Gasteiger partial charge < -0.3 is 5.11 Å². The van der Waals surface area contributed by atoms with Crippen LogP contribution in [-0.2, 0) is 17.6 Å². The molecular weight excluding hydrogens is 220 g/mol. The molecule has 0 aliphatic carbocycles. The molecule has 1 N–H and O–H groups in total. The summed E-state index contributed by atoms with van der Waals surface area (Å²) in [6.45, 7) is 4.14. The number of benzene rings is 1. The van der Waals surface area contributed by atoms with E-state index in [1.54, 1.807) is 11.3 Å². The van der Waals surface area contributed by atoms with Crippen molar-refractivity contribution in [2.24, 2.45) is 0 Å². The van der Waals surface area contributed by atoms with Gasteiger partial charge in [-0.3, -0.25) is 4.79 Å². The highest BCUT2D eigenvalue weighted by atomic mass is 32.1. The van der Waals surface area contributed by atoms with Gasteiger partial charge >= 0.3 is 5.97 Å². The van der Waals surface area contributed by atoms with Crippen molar-refractivity contribution in [2.45, 2.75) is 26.7 Å². The number of hydrogen-bond acceptors (Lipinski definition) is 2. The van der Waals surface area contributed by atoms with Gasteiger partial charge in [0.25, 0.3) is 0 Å². The summed E-state index contributed by atoms with van der Waals surface area (Å²) in [7, 11) is 0. The second-order valence-corrected chi connectivity index (χ2v) is 5.04. The zero-order valence-corrected chi connectivity index (χ0v) is 10.2. The number of thiophene rings is 1. The third-order valence-corrected chi connectivity index (χ3v) is 4.09. The zero-order valence-electron chi connectivity index (χ0n) is 9.41. The molecule has 2 aromatic rings. The molecule has 0 atom stereocenters. The smallest absolute Gasteiger partial charge is 0.308 e. The minimum Gasteiger partial charge on any atom is -0.481 e. The monoisotopic (exact) mass is 234 g/mol. The molecule has 3 heteroatoms. The van der Waals surface area contributed by atoms with Crippen molar-refractivity contribution in [1.29, 1.82) is 0 Å². The van der Waals surface area contributed by atoms with E-state index in [1.165, 1.54) is 15.6 Å². The van der Waals surface area contributed by atoms with Crippen molar-refractivity contribution in [3.05, 3.63) is 34.2 Å². The molecule has 0 bridgehead atoms. The third kappa shape index (κ3) is 1.95. The molecule has 16 heavy (non-hydrogen) atoms. The van der Waals surface area contributed by atoms with E-state index in [-0.39, 0.29) is 6.42 Å². The second kappa shape index (κ2) is 4.26. The molecule has 0 amide bonds. The summed E-state index contributed by atoms with van der Waals surface area (Å²) in [5.74, 6) is -0.759. The van der Waals surface area contributed by atoms with Gasteiger partial charge in [0.15, 0.2) is 0 Å². The molecule has 84 valence electrons. The number of aliphatic carboxylic acids is 1. The number of carboxylic acid groups (broad SMARTS) is 1. The van der Waals surface area contributed by atoms with E-state index < -0.39 is 5.97 Å². The zero-order chi connectivity index (χ0) is 11.7. The van der Waals surface area contributed by atoms with Crippen molar-refractivity contribution in [3.8, 4) is 0 Å². The van der Waals surface area contributed by atoms with Gasteiger partial charge in [-0.1, -0.05) is 19.1 Å². The molecule has 0 radical (unpaired) electrons. The first-order valence-electron chi connectivity index (χ1n) is 5.34. The number of hydrogen-bond donors (Lipinski definition) is 1. The summed E-state index contributed by atoms with van der Waals surface area (Å²) in [6.07, 6.45) is 1.14. The van der Waals surface area contributed by atoms with Gasteiger partial charge in [-0.15, -0.1) is 11.3 Å². The average molecular weight is 234 g/mol. The van der Waals surface area contributed by atoms with E-state index in [0.717, 1.165) is 16.9 Å². The van der Waals surface area contributed by atoms with Gasteiger partial charge in [-0.05, 0) is 35.9 Å². The molecule has 0 saturated heterocycles. The Morgan fingerprint density at radius 2 is 2.19 bits per heavy atom. The number of carbonyl (C=O) groups is 1. The molecule has 1 aromatic carbocycles. The standard InChI is InChI=1S/C13H14O2S/c1-3-9-4-5-11-10(6-9)8(2)12(16-11)7-13(14)15/h4-6H,3,7H2,1-2H3,(H,14,15). The molecule has 0 unspecified atom stereocenters. The topological polar surface area (TPSA) is 37.3 Å². The molecule has 0 aliphatic rings. The Balaban J connectivity index is 2.54. The number of aryl methyl sites for hydroxylation is 2. The lowest BCUT2D eigenvalue weighted by Gasteiger charge is -1.97. The normalized spacial score (nSPS) is 10.9. The molecule has 1 aromatic heterocycles. The van der Waals surface area contributed by atoms with Crippen molar-refractivity contribution < 1.29 is 9.90 Å². The minimum atomic E-state index is -0.759. The molecular formula is C13H14O2S. The first kappa shape index (κ1) is 11.1. The van der Waals surface area contributed by atoms with Crippen LogP contribution in [0.2, 0.25) is 0 Å². The first-order valence-corrected chi connectivity index (χ1v) is 6.16. The fourth-order valence-corrected chi connectivity index (χ4v) is 3.03. The SMILES string of the molecule is CCc1ccc2sc(CC(=O)O)c(C)c2c1. The maximum Gasteiger partial charge on any atom is 0.308 e. The second-order valence-electron chi connectivity index (χ2n) is 3.90. The Hall–Kier alpha value is -1.35. The highest BCUT2D eigenvalue weighted by molar-refractivity contribution is 7.19. The fraction of sp³-hybridized carbons (Fsp3) is 0.308. The van der Waals surface area contributed by atoms with Gasteiger partial charge in [0.2, 0.25) is 0 Å². The summed E-state index contributed by atoms with van der Waals surface area (Å²) in [4.78, 5) is 11.7. The van der Waals surface area contributed by atoms with Crippen LogP contribution in [0.4, 0.5) is 0 Å². The Kier molecular flexibility index (Phi) is 2.97. The van der Waals surface area contributed by atoms with Crippen LogP contribution in [0.15, 0.2) is 18.2 Å². The lowest BCUT2D eigenvalue weighted by molar-refractivity contribution is -0.136. The van der Waals surface area contributed by atoms with Crippen molar-refractivity contribution >= 4 is 27.4 Å². The van der Waals surface area contributed by atoms with Crippen LogP contribution in [0.1, 0.15) is 22.9 Å². The van der Waals surface area contributed by atoms with Gasteiger partial charge in [0.1, 0.15) is 0 Å². The first-order chi connectivity index (χ1) is 7.61. The summed E-state index contributed by atoms with van der Waals surface area (Å²) in [5.41, 5.74) is 2.42. The van der Waals surface area contributed by atoms with Crippen LogP contribution in [0.25, 0.3) is 10.1 Å². The van der Waals surface area contributed by atoms with Crippen LogP contribution in [0.3, 0.4) is 0 Å². The van der Waals surface area contributed by atoms with Crippen LogP contribution in [0, 0.1) is 6.92 Å². The Bertz CT molecular complexity index is 540. The lowest BCUT2D eigenvalue weighted by Crippen LogP contribution is -1.98. The highest BCUT2D eigenvalue weighted by Gasteiger charge is 2.11. The van der Waals surface area contributed by atoms with E-state index in [4.69, 9.17) is 5.11 Å². The highest BCUT2D eigenvalue weighted by Crippen LogP contribution is 2.31. The Labute approximate surface area is 98.5 Å². The molecule has 0 fully saturated rings. The maximum absolute atomic E-state index is 10.7. The van der Waals surface area contributed by atoms with E-state index in [9.17, 15) is 4.79 Å². The predicted octanol–water partition coefficient (Wildman–Crippen LogP) is 3.40. The van der Waals surface area contributed by atoms with E-state index >= 15 is 0 Å². The fourth-order valence-electron chi connectivity index (χ4n) is 1.84. The van der Waals surface area contributed by atoms with Crippen molar-refractivity contribution in [3.63, 3.8) is 0 Å². The van der Waals surface area contributed by atoms with Gasteiger partial charge in [0.05, 0.1) is 6.42 Å². The largest absolute Gasteiger partial charge is 0.481 e. The molecule has 2 nitrogen and oxygen atoms in total. The van der Waals surface area contributed by atoms with E-state index in [0.29, 0.717) is 0 Å². The van der Waals surface area contributed by atoms with Crippen LogP contribution in [0.5, 0.6) is 0 Å². The predicted molar refractivity (Wildman–Crippen MR) is 67.3 cm³/mol. The molecule has 0 aliphatic heterocycles. The van der Waals surface area contributed by atoms with Gasteiger partial charge in [-0.2, -0.15) is 0 Å². The number of rotatable bonds is 3. The van der Waals surface area contributed by atoms with E-state index in [1.807, 2.05) is 6.92 Å². The Morgan fingerprint density at radius 3 is 2.81 bits per heavy atom. The van der Waals surface area contributed by atoms with Gasteiger partial charge in [-0.25, -0.2) is 0 Å². The minimum absolute atomic E-state index is 0.132. The molecule has 2 rings (SSSR count). The number of fused-ring (bicyclic) bond motifs is 1.